The van der Waals surface area contributed by atoms with Gasteiger partial charge in [-0.15, -0.1) is 0 Å². The lowest BCUT2D eigenvalue weighted by Gasteiger charge is -2.23. The Morgan fingerprint density at radius 2 is 1.94 bits per heavy atom. The summed E-state index contributed by atoms with van der Waals surface area (Å²) in [6.07, 6.45) is 0.764. The molecule has 1 saturated heterocycles. The van der Waals surface area contributed by atoms with E-state index in [2.05, 4.69) is 0 Å². The van der Waals surface area contributed by atoms with Gasteiger partial charge in [-0.2, -0.15) is 0 Å². The molecule has 3 unspecified atom stereocenters. The van der Waals surface area contributed by atoms with Gasteiger partial charge in [-0.1, -0.05) is 0 Å². The summed E-state index contributed by atoms with van der Waals surface area (Å²) in [5.74, 6) is -0.208. The van der Waals surface area contributed by atoms with Gasteiger partial charge in [-0.3, -0.25) is 4.79 Å². The summed E-state index contributed by atoms with van der Waals surface area (Å²) < 4.78 is 26.0. The van der Waals surface area contributed by atoms with Gasteiger partial charge in [-0.05, 0) is 26.2 Å². The molecule has 1 aliphatic heterocycles. The minimum absolute atomic E-state index is 0.0231. The van der Waals surface area contributed by atoms with Crippen molar-refractivity contribution in [2.24, 2.45) is 11.7 Å². The van der Waals surface area contributed by atoms with E-state index in [1.165, 1.54) is 16.1 Å². The highest BCUT2D eigenvalue weighted by Crippen LogP contribution is 2.23. The van der Waals surface area contributed by atoms with Gasteiger partial charge in [0, 0.05) is 33.2 Å². The van der Waals surface area contributed by atoms with E-state index in [1.54, 1.807) is 14.1 Å². The van der Waals surface area contributed by atoms with Crippen molar-refractivity contribution in [1.29, 1.82) is 0 Å². The van der Waals surface area contributed by atoms with Crippen LogP contribution < -0.4 is 5.73 Å². The molecule has 7 heteroatoms. The van der Waals surface area contributed by atoms with Gasteiger partial charge in [0.2, 0.25) is 15.9 Å². The molecule has 0 aromatic carbocycles. The Balaban J connectivity index is 2.80. The van der Waals surface area contributed by atoms with Gasteiger partial charge >= 0.3 is 0 Å². The number of nitrogens with zero attached hydrogens (tertiary/aromatic N) is 2. The number of carbonyl (C=O) groups excluding carboxylic acids is 1. The Bertz CT molecular complexity index is 406. The largest absolute Gasteiger partial charge is 0.348 e. The second-order valence-corrected chi connectivity index (χ2v) is 7.44. The molecule has 1 aliphatic rings. The molecule has 0 spiro atoms. The fraction of sp³-hybridized carbons (Fsp3) is 0.909. The molecular weight excluding hydrogens is 254 g/mol. The van der Waals surface area contributed by atoms with Gasteiger partial charge < -0.3 is 10.6 Å². The summed E-state index contributed by atoms with van der Waals surface area (Å²) >= 11 is 0. The first-order valence-corrected chi connectivity index (χ1v) is 7.64. The highest BCUT2D eigenvalue weighted by molar-refractivity contribution is 7.90. The molecule has 3 atom stereocenters. The van der Waals surface area contributed by atoms with Crippen LogP contribution in [0.1, 0.15) is 20.3 Å². The molecule has 0 aromatic heterocycles. The van der Waals surface area contributed by atoms with Gasteiger partial charge in [0.05, 0.1) is 0 Å². The van der Waals surface area contributed by atoms with Crippen LogP contribution in [0.5, 0.6) is 0 Å². The van der Waals surface area contributed by atoms with E-state index in [4.69, 9.17) is 5.73 Å². The zero-order chi connectivity index (χ0) is 14.1. The topological polar surface area (TPSA) is 83.7 Å². The van der Waals surface area contributed by atoms with Crippen LogP contribution in [0.3, 0.4) is 0 Å². The van der Waals surface area contributed by atoms with E-state index in [-0.39, 0.29) is 17.9 Å². The van der Waals surface area contributed by atoms with E-state index in [0.717, 1.165) is 6.42 Å². The maximum absolute atomic E-state index is 12.3. The third kappa shape index (κ3) is 3.02. The van der Waals surface area contributed by atoms with Gasteiger partial charge in [0.25, 0.3) is 0 Å². The van der Waals surface area contributed by atoms with Crippen LogP contribution in [0, 0.1) is 5.92 Å². The lowest BCUT2D eigenvalue weighted by atomic mass is 10.0. The predicted octanol–water partition coefficient (Wildman–Crippen LogP) is -0.538. The van der Waals surface area contributed by atoms with Crippen LogP contribution in [0.25, 0.3) is 0 Å². The minimum atomic E-state index is -3.56. The molecule has 1 amide bonds. The van der Waals surface area contributed by atoms with Gasteiger partial charge in [0.15, 0.2) is 5.25 Å². The summed E-state index contributed by atoms with van der Waals surface area (Å²) in [7, 11) is -0.446. The average molecular weight is 277 g/mol. The number of amides is 1. The molecule has 0 aliphatic carbocycles. The van der Waals surface area contributed by atoms with Crippen LogP contribution in [-0.2, 0) is 14.8 Å². The molecule has 0 radical (unpaired) electrons. The number of hydrogen-bond acceptors (Lipinski definition) is 4. The summed E-state index contributed by atoms with van der Waals surface area (Å²) in [5.41, 5.74) is 5.79. The average Bonchev–Trinajstić information content (AvgIpc) is 2.76. The summed E-state index contributed by atoms with van der Waals surface area (Å²) in [4.78, 5) is 13.1. The lowest BCUT2D eigenvalue weighted by molar-refractivity contribution is -0.128. The second kappa shape index (κ2) is 5.54. The molecule has 0 bridgehead atoms. The third-order valence-electron chi connectivity index (χ3n) is 3.53. The molecule has 1 heterocycles. The Labute approximate surface area is 109 Å². The number of nitrogens with two attached hydrogens (primary N) is 1. The number of rotatable bonds is 4. The van der Waals surface area contributed by atoms with Crippen molar-refractivity contribution in [3.8, 4) is 0 Å². The van der Waals surface area contributed by atoms with Crippen LogP contribution in [-0.4, -0.2) is 62.0 Å². The van der Waals surface area contributed by atoms with Crippen molar-refractivity contribution in [3.63, 3.8) is 0 Å². The molecule has 0 saturated carbocycles. The van der Waals surface area contributed by atoms with Gasteiger partial charge in [-0.25, -0.2) is 12.7 Å². The van der Waals surface area contributed by atoms with Crippen LogP contribution in [0.4, 0.5) is 0 Å². The van der Waals surface area contributed by atoms with Crippen LogP contribution in [0.2, 0.25) is 0 Å². The van der Waals surface area contributed by atoms with E-state index in [0.29, 0.717) is 13.1 Å². The number of sulfonamides is 1. The Morgan fingerprint density at radius 3 is 2.33 bits per heavy atom. The molecule has 0 aromatic rings. The Morgan fingerprint density at radius 1 is 1.39 bits per heavy atom. The molecule has 1 fully saturated rings. The first-order chi connectivity index (χ1) is 8.17. The van der Waals surface area contributed by atoms with Crippen molar-refractivity contribution >= 4 is 15.9 Å². The molecule has 106 valence electrons. The molecule has 18 heavy (non-hydrogen) atoms. The Hall–Kier alpha value is -0.660. The van der Waals surface area contributed by atoms with E-state index < -0.39 is 15.3 Å². The maximum atomic E-state index is 12.3. The van der Waals surface area contributed by atoms with Crippen molar-refractivity contribution in [3.05, 3.63) is 0 Å². The summed E-state index contributed by atoms with van der Waals surface area (Å²) in [6, 6.07) is -0.0231. The maximum Gasteiger partial charge on any atom is 0.241 e. The minimum Gasteiger partial charge on any atom is -0.348 e. The van der Waals surface area contributed by atoms with E-state index in [1.807, 2.05) is 6.92 Å². The SMILES string of the molecule is CC(N)C1CCN(S(=O)(=O)C(C)C(=O)N(C)C)C1. The third-order valence-corrected chi connectivity index (χ3v) is 5.67. The lowest BCUT2D eigenvalue weighted by Crippen LogP contribution is -2.44. The van der Waals surface area contributed by atoms with Crippen molar-refractivity contribution in [2.45, 2.75) is 31.6 Å². The molecule has 2 N–H and O–H groups in total. The highest BCUT2D eigenvalue weighted by Gasteiger charge is 2.39. The zero-order valence-corrected chi connectivity index (χ0v) is 12.3. The summed E-state index contributed by atoms with van der Waals surface area (Å²) in [6.45, 7) is 4.21. The molecular formula is C11H23N3O3S. The van der Waals surface area contributed by atoms with Crippen LogP contribution in [0.15, 0.2) is 0 Å². The Kier molecular flexibility index (Phi) is 4.74. The fourth-order valence-corrected chi connectivity index (χ4v) is 3.80. The quantitative estimate of drug-likeness (QED) is 0.748. The monoisotopic (exact) mass is 277 g/mol. The predicted molar refractivity (Wildman–Crippen MR) is 70.4 cm³/mol. The number of carbonyl (C=O) groups is 1. The first kappa shape index (κ1) is 15.4. The molecule has 6 nitrogen and oxygen atoms in total. The second-order valence-electron chi connectivity index (χ2n) is 5.19. The highest BCUT2D eigenvalue weighted by atomic mass is 32.2. The van der Waals surface area contributed by atoms with Gasteiger partial charge in [0.1, 0.15) is 0 Å². The van der Waals surface area contributed by atoms with Crippen LogP contribution >= 0.6 is 0 Å². The first-order valence-electron chi connectivity index (χ1n) is 6.13. The summed E-state index contributed by atoms with van der Waals surface area (Å²) in [5, 5.41) is -1.03. The molecule has 1 rings (SSSR count). The smallest absolute Gasteiger partial charge is 0.241 e. The number of hydrogen-bond donors (Lipinski definition) is 1. The van der Waals surface area contributed by atoms with Crippen molar-refractivity contribution in [2.75, 3.05) is 27.2 Å². The van der Waals surface area contributed by atoms with Crippen molar-refractivity contribution in [1.82, 2.24) is 9.21 Å². The zero-order valence-electron chi connectivity index (χ0n) is 11.5. The normalized spacial score (nSPS) is 24.8. The fourth-order valence-electron chi connectivity index (χ4n) is 2.13. The van der Waals surface area contributed by atoms with E-state index >= 15 is 0 Å². The standard InChI is InChI=1S/C11H23N3O3S/c1-8(12)10-5-6-14(7-10)18(16,17)9(2)11(15)13(3)4/h8-10H,5-7,12H2,1-4H3. The van der Waals surface area contributed by atoms with E-state index in [9.17, 15) is 13.2 Å². The van der Waals surface area contributed by atoms with Crippen molar-refractivity contribution < 1.29 is 13.2 Å².